The summed E-state index contributed by atoms with van der Waals surface area (Å²) in [5.74, 6) is -1.15. The maximum Gasteiger partial charge on any atom is 0.329 e. The van der Waals surface area contributed by atoms with Crippen LogP contribution in [0.5, 0.6) is 0 Å². The van der Waals surface area contributed by atoms with Gasteiger partial charge >= 0.3 is 5.97 Å². The maximum atomic E-state index is 12.6. The largest absolute Gasteiger partial charge is 0.451 e. The Morgan fingerprint density at radius 1 is 1.14 bits per heavy atom. The van der Waals surface area contributed by atoms with Crippen LogP contribution < -0.4 is 10.6 Å². The average Bonchev–Trinajstić information content (AvgIpc) is 2.67. The Balaban J connectivity index is 1.91. The first-order valence-electron chi connectivity index (χ1n) is 9.71. The van der Waals surface area contributed by atoms with E-state index in [9.17, 15) is 14.4 Å². The summed E-state index contributed by atoms with van der Waals surface area (Å²) in [4.78, 5) is 41.3. The average molecular weight is 410 g/mol. The summed E-state index contributed by atoms with van der Waals surface area (Å²) in [6.07, 6.45) is 5.28. The molecule has 2 atom stereocenters. The Labute approximate surface area is 170 Å². The van der Waals surface area contributed by atoms with Crippen molar-refractivity contribution in [1.82, 2.24) is 10.3 Å². The molecule has 154 valence electrons. The van der Waals surface area contributed by atoms with Crippen molar-refractivity contribution in [1.29, 1.82) is 0 Å². The molecule has 1 aromatic rings. The number of amides is 2. The van der Waals surface area contributed by atoms with Crippen LogP contribution in [0, 0.1) is 11.8 Å². The van der Waals surface area contributed by atoms with Crippen molar-refractivity contribution in [2.75, 3.05) is 5.32 Å². The standard InChI is InChI=1S/C20H28ClN3O4/c1-12(2)17(24-19(26)14-7-5-4-6-8-14)20(27)28-13(3)18(25)23-16-10-9-15(21)11-22-16/h9-14,17H,4-8H2,1-3H3,(H,24,26)(H,22,23,25)/t13-,17+/m1/s1. The van der Waals surface area contributed by atoms with Crippen molar-refractivity contribution in [2.24, 2.45) is 11.8 Å². The van der Waals surface area contributed by atoms with Crippen LogP contribution in [-0.4, -0.2) is 34.9 Å². The lowest BCUT2D eigenvalue weighted by Gasteiger charge is -2.26. The van der Waals surface area contributed by atoms with Crippen molar-refractivity contribution in [3.05, 3.63) is 23.4 Å². The van der Waals surface area contributed by atoms with E-state index >= 15 is 0 Å². The van der Waals surface area contributed by atoms with Crippen molar-refractivity contribution in [2.45, 2.75) is 65.0 Å². The summed E-state index contributed by atoms with van der Waals surface area (Å²) < 4.78 is 5.30. The topological polar surface area (TPSA) is 97.4 Å². The van der Waals surface area contributed by atoms with E-state index in [4.69, 9.17) is 16.3 Å². The zero-order valence-electron chi connectivity index (χ0n) is 16.5. The van der Waals surface area contributed by atoms with Gasteiger partial charge in [-0.25, -0.2) is 9.78 Å². The van der Waals surface area contributed by atoms with E-state index in [2.05, 4.69) is 15.6 Å². The first kappa shape index (κ1) is 22.1. The third kappa shape index (κ3) is 6.48. The van der Waals surface area contributed by atoms with Gasteiger partial charge in [-0.05, 0) is 37.8 Å². The molecule has 28 heavy (non-hydrogen) atoms. The number of halogens is 1. The summed E-state index contributed by atoms with van der Waals surface area (Å²) in [7, 11) is 0. The van der Waals surface area contributed by atoms with Gasteiger partial charge in [0.25, 0.3) is 5.91 Å². The molecule has 2 amide bonds. The molecule has 1 aromatic heterocycles. The Bertz CT molecular complexity index is 687. The lowest BCUT2D eigenvalue weighted by atomic mass is 9.88. The fourth-order valence-corrected chi connectivity index (χ4v) is 3.22. The van der Waals surface area contributed by atoms with E-state index in [1.165, 1.54) is 13.1 Å². The van der Waals surface area contributed by atoms with Crippen LogP contribution >= 0.6 is 11.6 Å². The highest BCUT2D eigenvalue weighted by Crippen LogP contribution is 2.24. The number of hydrogen-bond donors (Lipinski definition) is 2. The second kappa shape index (κ2) is 10.4. The number of anilines is 1. The van der Waals surface area contributed by atoms with Crippen LogP contribution in [0.15, 0.2) is 18.3 Å². The molecule has 1 saturated carbocycles. The van der Waals surface area contributed by atoms with Gasteiger partial charge in [-0.2, -0.15) is 0 Å². The van der Waals surface area contributed by atoms with Crippen LogP contribution in [0.25, 0.3) is 0 Å². The van der Waals surface area contributed by atoms with E-state index in [0.29, 0.717) is 10.8 Å². The summed E-state index contributed by atoms with van der Waals surface area (Å²) >= 11 is 5.76. The minimum Gasteiger partial charge on any atom is -0.451 e. The summed E-state index contributed by atoms with van der Waals surface area (Å²) in [6.45, 7) is 5.13. The minimum absolute atomic E-state index is 0.0560. The van der Waals surface area contributed by atoms with Crippen molar-refractivity contribution < 1.29 is 19.1 Å². The molecule has 0 unspecified atom stereocenters. The van der Waals surface area contributed by atoms with E-state index in [1.54, 1.807) is 12.1 Å². The lowest BCUT2D eigenvalue weighted by molar-refractivity contribution is -0.157. The minimum atomic E-state index is -1.03. The summed E-state index contributed by atoms with van der Waals surface area (Å²) in [6, 6.07) is 2.35. The van der Waals surface area contributed by atoms with Gasteiger partial charge in [0.15, 0.2) is 6.10 Å². The number of carbonyl (C=O) groups is 3. The van der Waals surface area contributed by atoms with Gasteiger partial charge in [-0.1, -0.05) is 44.7 Å². The maximum absolute atomic E-state index is 12.6. The van der Waals surface area contributed by atoms with Crippen LogP contribution in [0.4, 0.5) is 5.82 Å². The van der Waals surface area contributed by atoms with Crippen LogP contribution in [-0.2, 0) is 19.1 Å². The van der Waals surface area contributed by atoms with Crippen LogP contribution in [0.1, 0.15) is 52.9 Å². The Morgan fingerprint density at radius 2 is 1.82 bits per heavy atom. The zero-order chi connectivity index (χ0) is 20.7. The molecule has 0 spiro atoms. The molecule has 0 aliphatic heterocycles. The molecule has 2 N–H and O–H groups in total. The quantitative estimate of drug-likeness (QED) is 0.673. The van der Waals surface area contributed by atoms with Gasteiger partial charge in [0, 0.05) is 12.1 Å². The first-order chi connectivity index (χ1) is 13.3. The number of carbonyl (C=O) groups excluding carboxylic acids is 3. The number of aromatic nitrogens is 1. The number of nitrogens with one attached hydrogen (secondary N) is 2. The SMILES string of the molecule is CC(C)[C@H](NC(=O)C1CCCCC1)C(=O)O[C@H](C)C(=O)Nc1ccc(Cl)cn1. The van der Waals surface area contributed by atoms with Gasteiger partial charge in [0.1, 0.15) is 11.9 Å². The van der Waals surface area contributed by atoms with Crippen molar-refractivity contribution in [3.63, 3.8) is 0 Å². The number of pyridine rings is 1. The normalized spacial score (nSPS) is 16.9. The summed E-state index contributed by atoms with van der Waals surface area (Å²) in [5, 5.41) is 5.83. The third-order valence-corrected chi connectivity index (χ3v) is 5.06. The van der Waals surface area contributed by atoms with E-state index in [0.717, 1.165) is 32.1 Å². The van der Waals surface area contributed by atoms with E-state index in [-0.39, 0.29) is 17.7 Å². The molecule has 8 heteroatoms. The molecule has 0 radical (unpaired) electrons. The van der Waals surface area contributed by atoms with Crippen molar-refractivity contribution in [3.8, 4) is 0 Å². The van der Waals surface area contributed by atoms with Gasteiger partial charge in [0.05, 0.1) is 5.02 Å². The third-order valence-electron chi connectivity index (χ3n) is 4.84. The predicted molar refractivity (Wildman–Crippen MR) is 107 cm³/mol. The monoisotopic (exact) mass is 409 g/mol. The highest BCUT2D eigenvalue weighted by atomic mass is 35.5. The first-order valence-corrected chi connectivity index (χ1v) is 10.1. The fraction of sp³-hybridized carbons (Fsp3) is 0.600. The molecule has 0 saturated heterocycles. The molecule has 1 aliphatic rings. The number of ether oxygens (including phenoxy) is 1. The van der Waals surface area contributed by atoms with Crippen molar-refractivity contribution >= 4 is 35.2 Å². The fourth-order valence-electron chi connectivity index (χ4n) is 3.11. The Kier molecular flexibility index (Phi) is 8.23. The lowest BCUT2D eigenvalue weighted by Crippen LogP contribution is -2.49. The Morgan fingerprint density at radius 3 is 2.39 bits per heavy atom. The van der Waals surface area contributed by atoms with E-state index < -0.39 is 24.0 Å². The molecule has 1 fully saturated rings. The molecule has 7 nitrogen and oxygen atoms in total. The molecular formula is C20H28ClN3O4. The summed E-state index contributed by atoms with van der Waals surface area (Å²) in [5.41, 5.74) is 0. The number of rotatable bonds is 7. The molecule has 1 heterocycles. The van der Waals surface area contributed by atoms with Gasteiger partial charge < -0.3 is 15.4 Å². The number of nitrogens with zero attached hydrogens (tertiary/aromatic N) is 1. The van der Waals surface area contributed by atoms with Crippen LogP contribution in [0.2, 0.25) is 5.02 Å². The van der Waals surface area contributed by atoms with Gasteiger partial charge in [-0.3, -0.25) is 9.59 Å². The molecule has 0 aromatic carbocycles. The highest BCUT2D eigenvalue weighted by molar-refractivity contribution is 6.30. The molecular weight excluding hydrogens is 382 g/mol. The second-order valence-corrected chi connectivity index (χ2v) is 7.93. The smallest absolute Gasteiger partial charge is 0.329 e. The number of hydrogen-bond acceptors (Lipinski definition) is 5. The van der Waals surface area contributed by atoms with E-state index in [1.807, 2.05) is 13.8 Å². The molecule has 2 rings (SSSR count). The van der Waals surface area contributed by atoms with Gasteiger partial charge in [0.2, 0.25) is 5.91 Å². The zero-order valence-corrected chi connectivity index (χ0v) is 17.3. The highest BCUT2D eigenvalue weighted by Gasteiger charge is 2.31. The molecule has 0 bridgehead atoms. The van der Waals surface area contributed by atoms with Crippen LogP contribution in [0.3, 0.4) is 0 Å². The predicted octanol–water partition coefficient (Wildman–Crippen LogP) is 3.33. The van der Waals surface area contributed by atoms with Gasteiger partial charge in [-0.15, -0.1) is 0 Å². The second-order valence-electron chi connectivity index (χ2n) is 7.50. The Hall–Kier alpha value is -2.15. The molecule has 1 aliphatic carbocycles. The number of esters is 1.